The molecule has 0 heterocycles. The number of thioether (sulfide) groups is 1. The van der Waals surface area contributed by atoms with E-state index in [0.717, 1.165) is 11.8 Å². The van der Waals surface area contributed by atoms with E-state index in [2.05, 4.69) is 10.6 Å². The molecule has 0 atom stereocenters. The fourth-order valence-electron chi connectivity index (χ4n) is 1.24. The van der Waals surface area contributed by atoms with E-state index in [4.69, 9.17) is 5.73 Å². The van der Waals surface area contributed by atoms with Crippen molar-refractivity contribution in [1.29, 1.82) is 0 Å². The van der Waals surface area contributed by atoms with Gasteiger partial charge in [0, 0.05) is 17.1 Å². The molecule has 1 rings (SSSR count). The maximum absolute atomic E-state index is 11.5. The molecule has 1 aromatic carbocycles. The van der Waals surface area contributed by atoms with Crippen LogP contribution in [-0.4, -0.2) is 29.4 Å². The molecule has 0 aromatic heterocycles. The molecule has 1 aromatic rings. The van der Waals surface area contributed by atoms with Crippen molar-refractivity contribution in [3.63, 3.8) is 0 Å². The number of hydrogen-bond acceptors (Lipinski definition) is 5. The summed E-state index contributed by atoms with van der Waals surface area (Å²) in [6, 6.07) is 5.72. The third kappa shape index (κ3) is 8.05. The molecule has 20 heavy (non-hydrogen) atoms. The molecule has 0 saturated carbocycles. The van der Waals surface area contributed by atoms with E-state index in [1.807, 2.05) is 0 Å². The molecule has 0 aliphatic carbocycles. The number of rotatable bonds is 6. The average Bonchev–Trinajstić information content (AvgIpc) is 2.27. The van der Waals surface area contributed by atoms with Gasteiger partial charge in [-0.05, 0) is 18.2 Å². The summed E-state index contributed by atoms with van der Waals surface area (Å²) >= 11 is 0.940. The Bertz CT molecular complexity index is 498. The van der Waals surface area contributed by atoms with Gasteiger partial charge in [-0.25, -0.2) is 4.79 Å². The summed E-state index contributed by atoms with van der Waals surface area (Å²) in [5.74, 6) is -1.80. The summed E-state index contributed by atoms with van der Waals surface area (Å²) in [6.45, 7) is 0. The molecule has 0 aliphatic rings. The molecule has 0 saturated heterocycles. The van der Waals surface area contributed by atoms with Crippen molar-refractivity contribution in [2.75, 3.05) is 22.1 Å². The number of hydrogen-bond donors (Lipinski definition) is 3. The van der Waals surface area contributed by atoms with Crippen LogP contribution in [0.2, 0.25) is 0 Å². The third-order valence-corrected chi connectivity index (χ3v) is 2.77. The van der Waals surface area contributed by atoms with Crippen LogP contribution < -0.4 is 51.0 Å². The zero-order chi connectivity index (χ0) is 14.3. The Morgan fingerprint density at radius 3 is 2.30 bits per heavy atom. The topological polar surface area (TPSA) is 124 Å². The van der Waals surface area contributed by atoms with Crippen LogP contribution in [0, 0.1) is 0 Å². The molecule has 4 N–H and O–H groups in total. The van der Waals surface area contributed by atoms with Gasteiger partial charge in [-0.3, -0.25) is 4.79 Å². The molecular formula is C11H12N3NaO4S. The Morgan fingerprint density at radius 1 is 1.15 bits per heavy atom. The van der Waals surface area contributed by atoms with E-state index >= 15 is 0 Å². The molecule has 0 unspecified atom stereocenters. The van der Waals surface area contributed by atoms with E-state index < -0.39 is 12.0 Å². The SMILES string of the molecule is NC(=O)Nc1cccc(NC(=O)CSCC(=O)[O-])c1.[Na+]. The number of nitrogens with two attached hydrogens (primary N) is 1. The minimum Gasteiger partial charge on any atom is -0.549 e. The fourth-order valence-corrected chi connectivity index (χ4v) is 1.77. The summed E-state index contributed by atoms with van der Waals surface area (Å²) in [6.07, 6.45) is 0. The van der Waals surface area contributed by atoms with Crippen LogP contribution in [0.5, 0.6) is 0 Å². The van der Waals surface area contributed by atoms with Crippen molar-refractivity contribution in [3.05, 3.63) is 24.3 Å². The number of anilines is 2. The molecule has 0 radical (unpaired) electrons. The third-order valence-electron chi connectivity index (χ3n) is 1.87. The van der Waals surface area contributed by atoms with Crippen LogP contribution >= 0.6 is 11.8 Å². The Morgan fingerprint density at radius 2 is 1.75 bits per heavy atom. The normalized spacial score (nSPS) is 9.20. The maximum atomic E-state index is 11.5. The first-order valence-electron chi connectivity index (χ1n) is 5.21. The number of carbonyl (C=O) groups is 3. The van der Waals surface area contributed by atoms with E-state index in [0.29, 0.717) is 11.4 Å². The number of benzene rings is 1. The van der Waals surface area contributed by atoms with Gasteiger partial charge in [0.15, 0.2) is 0 Å². The first-order valence-corrected chi connectivity index (χ1v) is 6.37. The van der Waals surface area contributed by atoms with Crippen LogP contribution in [0.4, 0.5) is 16.2 Å². The second-order valence-corrected chi connectivity index (χ2v) is 4.47. The van der Waals surface area contributed by atoms with Crippen LogP contribution in [-0.2, 0) is 9.59 Å². The van der Waals surface area contributed by atoms with Gasteiger partial charge in [-0.2, -0.15) is 0 Å². The number of aliphatic carboxylic acids is 1. The van der Waals surface area contributed by atoms with Crippen LogP contribution in [0.15, 0.2) is 24.3 Å². The van der Waals surface area contributed by atoms with Crippen molar-refractivity contribution < 1.29 is 49.0 Å². The quantitative estimate of drug-likeness (QED) is 0.473. The van der Waals surface area contributed by atoms with Gasteiger partial charge in [0.1, 0.15) is 0 Å². The van der Waals surface area contributed by atoms with E-state index in [-0.39, 0.29) is 47.0 Å². The van der Waals surface area contributed by atoms with Crippen LogP contribution in [0.1, 0.15) is 0 Å². The number of carbonyl (C=O) groups excluding carboxylic acids is 3. The summed E-state index contributed by atoms with van der Waals surface area (Å²) in [5, 5.41) is 15.1. The zero-order valence-corrected chi connectivity index (χ0v) is 13.7. The monoisotopic (exact) mass is 305 g/mol. The minimum absolute atomic E-state index is 0. The van der Waals surface area contributed by atoms with E-state index in [1.165, 1.54) is 6.07 Å². The van der Waals surface area contributed by atoms with Crippen molar-refractivity contribution in [2.45, 2.75) is 0 Å². The number of primary amides is 1. The van der Waals surface area contributed by atoms with Crippen LogP contribution in [0.25, 0.3) is 0 Å². The average molecular weight is 305 g/mol. The number of amides is 3. The Hall–Kier alpha value is -1.22. The predicted molar refractivity (Wildman–Crippen MR) is 70.6 cm³/mol. The largest absolute Gasteiger partial charge is 1.00 e. The second kappa shape index (κ2) is 9.65. The molecule has 102 valence electrons. The molecule has 9 heteroatoms. The van der Waals surface area contributed by atoms with Crippen LogP contribution in [0.3, 0.4) is 0 Å². The van der Waals surface area contributed by atoms with Crippen molar-refractivity contribution in [1.82, 2.24) is 0 Å². The van der Waals surface area contributed by atoms with Gasteiger partial charge in [0.25, 0.3) is 0 Å². The van der Waals surface area contributed by atoms with Crippen molar-refractivity contribution >= 4 is 41.0 Å². The number of urea groups is 1. The van der Waals surface area contributed by atoms with Gasteiger partial charge in [-0.15, -0.1) is 11.8 Å². The predicted octanol–water partition coefficient (Wildman–Crippen LogP) is -3.40. The molecule has 0 aliphatic heterocycles. The number of carboxylic acid groups (broad SMARTS) is 1. The molecular weight excluding hydrogens is 293 g/mol. The standard InChI is InChI=1S/C11H13N3O4S.Na/c12-11(18)14-8-3-1-2-7(4-8)13-9(15)5-19-6-10(16)17;/h1-4H,5-6H2,(H,13,15)(H,16,17)(H3,12,14,18);/q;+1/p-1. The molecule has 7 nitrogen and oxygen atoms in total. The molecule has 0 spiro atoms. The zero-order valence-electron chi connectivity index (χ0n) is 10.8. The second-order valence-electron chi connectivity index (χ2n) is 3.48. The Kier molecular flexibility index (Phi) is 9.06. The minimum atomic E-state index is -1.22. The van der Waals surface area contributed by atoms with Gasteiger partial charge < -0.3 is 26.3 Å². The van der Waals surface area contributed by atoms with E-state index in [1.54, 1.807) is 18.2 Å². The summed E-state index contributed by atoms with van der Waals surface area (Å²) in [7, 11) is 0. The summed E-state index contributed by atoms with van der Waals surface area (Å²) in [4.78, 5) is 32.3. The van der Waals surface area contributed by atoms with Gasteiger partial charge in [0.05, 0.1) is 11.7 Å². The van der Waals surface area contributed by atoms with Gasteiger partial charge in [0.2, 0.25) is 5.91 Å². The first kappa shape index (κ1) is 18.8. The summed E-state index contributed by atoms with van der Waals surface area (Å²) in [5.41, 5.74) is 5.90. The molecule has 0 bridgehead atoms. The Balaban J connectivity index is 0.00000361. The Labute approximate surface area is 142 Å². The molecule has 0 fully saturated rings. The molecule has 3 amide bonds. The van der Waals surface area contributed by atoms with E-state index in [9.17, 15) is 19.5 Å². The number of nitrogens with one attached hydrogen (secondary N) is 2. The van der Waals surface area contributed by atoms with Crippen molar-refractivity contribution in [2.24, 2.45) is 5.73 Å². The fraction of sp³-hybridized carbons (Fsp3) is 0.182. The van der Waals surface area contributed by atoms with Gasteiger partial charge >= 0.3 is 35.6 Å². The first-order chi connectivity index (χ1) is 8.97. The number of carboxylic acids is 1. The summed E-state index contributed by atoms with van der Waals surface area (Å²) < 4.78 is 0. The van der Waals surface area contributed by atoms with Gasteiger partial charge in [-0.1, -0.05) is 6.07 Å². The van der Waals surface area contributed by atoms with Crippen molar-refractivity contribution in [3.8, 4) is 0 Å². The maximum Gasteiger partial charge on any atom is 1.00 e. The smallest absolute Gasteiger partial charge is 0.549 e.